The summed E-state index contributed by atoms with van der Waals surface area (Å²) in [5.74, 6) is 0. The number of hydrogen-bond acceptors (Lipinski definition) is 2. The van der Waals surface area contributed by atoms with Crippen LogP contribution in [0.4, 0.5) is 10.1 Å². The molecule has 3 rings (SSSR count). The lowest BCUT2D eigenvalue weighted by atomic mass is 10.0. The van der Waals surface area contributed by atoms with Gasteiger partial charge in [-0.1, -0.05) is 54.0 Å². The van der Waals surface area contributed by atoms with Gasteiger partial charge in [-0.15, -0.1) is 0 Å². The molecule has 3 nitrogen and oxygen atoms in total. The van der Waals surface area contributed by atoms with Crippen LogP contribution in [-0.4, -0.2) is 9.78 Å². The molecule has 1 atom stereocenters. The SMILES string of the molecule is C=C(Nc1ccccc1Cc1ccc(Cl)cc1Cl)c1cn(C)nc1C(C)F. The van der Waals surface area contributed by atoms with E-state index in [-0.39, 0.29) is 0 Å². The van der Waals surface area contributed by atoms with E-state index in [9.17, 15) is 4.39 Å². The van der Waals surface area contributed by atoms with Gasteiger partial charge in [0.25, 0.3) is 0 Å². The quantitative estimate of drug-likeness (QED) is 0.513. The Hall–Kier alpha value is -2.30. The first-order valence-electron chi connectivity index (χ1n) is 8.51. The molecule has 0 fully saturated rings. The summed E-state index contributed by atoms with van der Waals surface area (Å²) in [4.78, 5) is 0. The molecule has 0 saturated carbocycles. The zero-order valence-corrected chi connectivity index (χ0v) is 16.7. The molecule has 1 heterocycles. The number of alkyl halides is 1. The van der Waals surface area contributed by atoms with Crippen molar-refractivity contribution in [1.29, 1.82) is 0 Å². The largest absolute Gasteiger partial charge is 0.355 e. The smallest absolute Gasteiger partial charge is 0.142 e. The van der Waals surface area contributed by atoms with Gasteiger partial charge in [0.1, 0.15) is 11.9 Å². The van der Waals surface area contributed by atoms with Crippen LogP contribution in [0.5, 0.6) is 0 Å². The predicted molar refractivity (Wildman–Crippen MR) is 111 cm³/mol. The summed E-state index contributed by atoms with van der Waals surface area (Å²) < 4.78 is 15.5. The van der Waals surface area contributed by atoms with Gasteiger partial charge in [0.15, 0.2) is 0 Å². The molecule has 0 aliphatic carbocycles. The summed E-state index contributed by atoms with van der Waals surface area (Å²) >= 11 is 12.3. The van der Waals surface area contributed by atoms with Crippen LogP contribution in [0, 0.1) is 0 Å². The molecule has 0 spiro atoms. The Kier molecular flexibility index (Phi) is 5.88. The van der Waals surface area contributed by atoms with E-state index < -0.39 is 6.17 Å². The number of nitrogens with one attached hydrogen (secondary N) is 1. The van der Waals surface area contributed by atoms with Crippen molar-refractivity contribution < 1.29 is 4.39 Å². The highest BCUT2D eigenvalue weighted by molar-refractivity contribution is 6.35. The minimum absolute atomic E-state index is 0.369. The lowest BCUT2D eigenvalue weighted by Crippen LogP contribution is -2.03. The molecule has 1 unspecified atom stereocenters. The molecule has 1 N–H and O–H groups in total. The Morgan fingerprint density at radius 1 is 1.22 bits per heavy atom. The molecule has 0 aliphatic heterocycles. The molecule has 6 heteroatoms. The van der Waals surface area contributed by atoms with Crippen LogP contribution >= 0.6 is 23.2 Å². The van der Waals surface area contributed by atoms with Gasteiger partial charge in [0.05, 0.1) is 0 Å². The van der Waals surface area contributed by atoms with Crippen molar-refractivity contribution in [2.75, 3.05) is 5.32 Å². The summed E-state index contributed by atoms with van der Waals surface area (Å²) in [6, 6.07) is 13.3. The van der Waals surface area contributed by atoms with Crippen molar-refractivity contribution in [3.63, 3.8) is 0 Å². The predicted octanol–water partition coefficient (Wildman–Crippen LogP) is 6.43. The van der Waals surface area contributed by atoms with Crippen molar-refractivity contribution in [2.24, 2.45) is 7.05 Å². The number of para-hydroxylation sites is 1. The Balaban J connectivity index is 1.87. The minimum Gasteiger partial charge on any atom is -0.355 e. The van der Waals surface area contributed by atoms with Crippen molar-refractivity contribution in [3.05, 3.63) is 87.7 Å². The fourth-order valence-electron chi connectivity index (χ4n) is 2.93. The fraction of sp³-hybridized carbons (Fsp3) is 0.190. The van der Waals surface area contributed by atoms with Crippen LogP contribution in [0.15, 0.2) is 55.2 Å². The number of rotatable bonds is 6. The first-order chi connectivity index (χ1) is 12.8. The lowest BCUT2D eigenvalue weighted by Gasteiger charge is -2.15. The van der Waals surface area contributed by atoms with Crippen LogP contribution in [0.3, 0.4) is 0 Å². The van der Waals surface area contributed by atoms with Gasteiger partial charge in [-0.2, -0.15) is 5.10 Å². The van der Waals surface area contributed by atoms with Crippen molar-refractivity contribution >= 4 is 34.6 Å². The van der Waals surface area contributed by atoms with Crippen LogP contribution < -0.4 is 5.32 Å². The first-order valence-corrected chi connectivity index (χ1v) is 9.26. The maximum Gasteiger partial charge on any atom is 0.142 e. The molecule has 1 aromatic heterocycles. The third-order valence-electron chi connectivity index (χ3n) is 4.26. The highest BCUT2D eigenvalue weighted by Gasteiger charge is 2.17. The van der Waals surface area contributed by atoms with Crippen molar-refractivity contribution in [2.45, 2.75) is 19.5 Å². The van der Waals surface area contributed by atoms with E-state index in [4.69, 9.17) is 23.2 Å². The summed E-state index contributed by atoms with van der Waals surface area (Å²) in [5.41, 5.74) is 4.52. The number of halogens is 3. The lowest BCUT2D eigenvalue weighted by molar-refractivity contribution is 0.362. The Morgan fingerprint density at radius 2 is 1.96 bits per heavy atom. The molecule has 140 valence electrons. The maximum atomic E-state index is 13.9. The van der Waals surface area contributed by atoms with Gasteiger partial charge >= 0.3 is 0 Å². The Morgan fingerprint density at radius 3 is 2.67 bits per heavy atom. The van der Waals surface area contributed by atoms with E-state index in [0.29, 0.717) is 33.4 Å². The number of hydrogen-bond donors (Lipinski definition) is 1. The van der Waals surface area contributed by atoms with E-state index in [1.54, 1.807) is 24.0 Å². The van der Waals surface area contributed by atoms with Gasteiger partial charge in [-0.3, -0.25) is 4.68 Å². The number of nitrogens with zero attached hydrogens (tertiary/aromatic N) is 2. The van der Waals surface area contributed by atoms with Gasteiger partial charge in [-0.25, -0.2) is 4.39 Å². The van der Waals surface area contributed by atoms with Crippen molar-refractivity contribution in [1.82, 2.24) is 9.78 Å². The summed E-state index contributed by atoms with van der Waals surface area (Å²) in [6.07, 6.45) is 1.22. The van der Waals surface area contributed by atoms with E-state index >= 15 is 0 Å². The highest BCUT2D eigenvalue weighted by atomic mass is 35.5. The van der Waals surface area contributed by atoms with Crippen LogP contribution in [-0.2, 0) is 13.5 Å². The maximum absolute atomic E-state index is 13.9. The van der Waals surface area contributed by atoms with E-state index in [1.807, 2.05) is 36.4 Å². The molecule has 0 amide bonds. The first kappa shape index (κ1) is 19.5. The standard InChI is InChI=1S/C21H20Cl2FN3/c1-13(24)21-18(12-27(3)26-21)14(2)25-20-7-5-4-6-16(20)10-15-8-9-17(22)11-19(15)23/h4-9,11-13,25H,2,10H2,1,3H3. The summed E-state index contributed by atoms with van der Waals surface area (Å²) in [7, 11) is 1.76. The summed E-state index contributed by atoms with van der Waals surface area (Å²) in [6.45, 7) is 5.55. The van der Waals surface area contributed by atoms with Crippen LogP contribution in [0.25, 0.3) is 5.70 Å². The zero-order valence-electron chi connectivity index (χ0n) is 15.1. The van der Waals surface area contributed by atoms with E-state index in [1.165, 1.54) is 6.92 Å². The minimum atomic E-state index is -1.18. The molecule has 0 bridgehead atoms. The molecule has 0 saturated heterocycles. The second-order valence-electron chi connectivity index (χ2n) is 6.39. The van der Waals surface area contributed by atoms with Gasteiger partial charge in [0.2, 0.25) is 0 Å². The average molecular weight is 404 g/mol. The zero-order chi connectivity index (χ0) is 19.6. The number of benzene rings is 2. The van der Waals surface area contributed by atoms with Crippen LogP contribution in [0.1, 0.15) is 35.5 Å². The van der Waals surface area contributed by atoms with Crippen LogP contribution in [0.2, 0.25) is 10.0 Å². The number of anilines is 1. The highest BCUT2D eigenvalue weighted by Crippen LogP contribution is 2.29. The molecule has 0 aliphatic rings. The Bertz CT molecular complexity index is 979. The number of aryl methyl sites for hydroxylation is 1. The van der Waals surface area contributed by atoms with Gasteiger partial charge in [0, 0.05) is 46.7 Å². The molecule has 2 aromatic carbocycles. The molecule has 0 radical (unpaired) electrons. The topological polar surface area (TPSA) is 29.9 Å². The van der Waals surface area contributed by atoms with Gasteiger partial charge in [-0.05, 0) is 36.2 Å². The summed E-state index contributed by atoms with van der Waals surface area (Å²) in [5, 5.41) is 8.72. The van der Waals surface area contributed by atoms with E-state index in [0.717, 1.165) is 16.8 Å². The molecule has 27 heavy (non-hydrogen) atoms. The third kappa shape index (κ3) is 4.52. The molecular weight excluding hydrogens is 384 g/mol. The van der Waals surface area contributed by atoms with Crippen molar-refractivity contribution in [3.8, 4) is 0 Å². The average Bonchev–Trinajstić information content (AvgIpc) is 3.01. The van der Waals surface area contributed by atoms with Gasteiger partial charge < -0.3 is 5.32 Å². The molecular formula is C21H20Cl2FN3. The monoisotopic (exact) mass is 403 g/mol. The second-order valence-corrected chi connectivity index (χ2v) is 7.23. The third-order valence-corrected chi connectivity index (χ3v) is 4.85. The number of aromatic nitrogens is 2. The normalized spacial score (nSPS) is 12.0. The van der Waals surface area contributed by atoms with E-state index in [2.05, 4.69) is 17.0 Å². The Labute approximate surface area is 168 Å². The molecule has 3 aromatic rings. The fourth-order valence-corrected chi connectivity index (χ4v) is 3.40. The second kappa shape index (κ2) is 8.15.